The first-order valence-corrected chi connectivity index (χ1v) is 27.7. The molecule has 4 rings (SSSR count). The highest BCUT2D eigenvalue weighted by Gasteiger charge is 2.59. The minimum atomic E-state index is -0.809. The number of allylic oxidation sites excluding steroid dienone is 5. The first kappa shape index (κ1) is 54.6. The molecule has 0 amide bonds. The van der Waals surface area contributed by atoms with Crippen molar-refractivity contribution in [3.8, 4) is 0 Å². The van der Waals surface area contributed by atoms with Gasteiger partial charge in [0.1, 0.15) is 0 Å². The second-order valence-electron chi connectivity index (χ2n) is 22.7. The van der Waals surface area contributed by atoms with E-state index in [0.29, 0.717) is 43.4 Å². The fraction of sp³-hybridized carbons (Fsp3) is 0.897. The summed E-state index contributed by atoms with van der Waals surface area (Å²) in [6.07, 6.45) is 51.2. The predicted octanol–water partition coefficient (Wildman–Crippen LogP) is 15.7. The molecule has 5 unspecified atom stereocenters. The summed E-state index contributed by atoms with van der Waals surface area (Å²) in [5.74, 6) is 5.44. The summed E-state index contributed by atoms with van der Waals surface area (Å²) in [6, 6.07) is 0. The smallest absolute Gasteiger partial charge is 0.0862 e. The molecular formula is C58H105NO4. The van der Waals surface area contributed by atoms with Crippen LogP contribution < -0.4 is 5.73 Å². The number of unbranched alkanes of at least 4 members (excludes halogenated alkanes) is 15. The van der Waals surface area contributed by atoms with Gasteiger partial charge in [-0.3, -0.25) is 0 Å². The van der Waals surface area contributed by atoms with Crippen LogP contribution in [0.3, 0.4) is 0 Å². The van der Waals surface area contributed by atoms with Gasteiger partial charge in [0.2, 0.25) is 0 Å². The molecule has 4 aliphatic rings. The highest BCUT2D eigenvalue weighted by Crippen LogP contribution is 2.67. The van der Waals surface area contributed by atoms with Crippen LogP contribution in [0.15, 0.2) is 36.0 Å². The van der Waals surface area contributed by atoms with Crippen LogP contribution in [-0.2, 0) is 14.2 Å². The number of fused-ring (bicyclic) bond motifs is 5. The molecule has 3 saturated carbocycles. The van der Waals surface area contributed by atoms with Crippen LogP contribution in [-0.4, -0.2) is 56.4 Å². The quantitative estimate of drug-likeness (QED) is 0.0484. The first-order valence-electron chi connectivity index (χ1n) is 27.7. The second kappa shape index (κ2) is 30.4. The van der Waals surface area contributed by atoms with E-state index in [4.69, 9.17) is 19.9 Å². The Morgan fingerprint density at radius 2 is 1.30 bits per heavy atom. The van der Waals surface area contributed by atoms with Crippen molar-refractivity contribution in [3.05, 3.63) is 36.0 Å². The zero-order chi connectivity index (χ0) is 45.2. The third-order valence-electron chi connectivity index (χ3n) is 17.1. The van der Waals surface area contributed by atoms with Crippen molar-refractivity contribution in [2.45, 2.75) is 246 Å². The number of ether oxygens (including phenoxy) is 3. The fourth-order valence-electron chi connectivity index (χ4n) is 13.1. The number of nitrogens with two attached hydrogens (primary N) is 1. The third kappa shape index (κ3) is 18.6. The highest BCUT2D eigenvalue weighted by molar-refractivity contribution is 5.25. The van der Waals surface area contributed by atoms with E-state index in [1.807, 2.05) is 0 Å². The summed E-state index contributed by atoms with van der Waals surface area (Å²) in [6.45, 7) is 18.0. The molecule has 0 aromatic rings. The summed E-state index contributed by atoms with van der Waals surface area (Å²) < 4.78 is 18.4. The molecule has 63 heavy (non-hydrogen) atoms. The van der Waals surface area contributed by atoms with Crippen LogP contribution >= 0.6 is 0 Å². The van der Waals surface area contributed by atoms with Crippen molar-refractivity contribution in [1.29, 1.82) is 0 Å². The molecule has 366 valence electrons. The third-order valence-corrected chi connectivity index (χ3v) is 17.1. The van der Waals surface area contributed by atoms with Gasteiger partial charge < -0.3 is 25.1 Å². The molecule has 0 aromatic heterocycles. The average molecular weight is 880 g/mol. The standard InChI is InChI=1S/C58H105NO4/c1-7-8-9-10-11-12-13-14-15-16-17-18-19-21-24-27-41-61-46-58(59,45-60)47-62-42-28-25-22-20-23-26-29-43-63-51-37-39-56(5)50(44-51)33-34-52-54-36-35-53(49(4)32-30-31-48(2)3)57(54,6)40-38-55(52)56/h11-12,14-15,33,48-49,51-55,60H,7-10,13,16-32,34-47,59H2,1-6H3/b12-11-,15-14-/t49-,51?,52?,53-,54?,55?,56+,57-,58?/m1/s1. The molecule has 3 N–H and O–H groups in total. The molecule has 0 heterocycles. The number of aliphatic hydroxyl groups excluding tert-OH is 1. The summed E-state index contributed by atoms with van der Waals surface area (Å²) in [5.41, 5.74) is 8.37. The number of aliphatic hydroxyl groups is 1. The Balaban J connectivity index is 0.946. The van der Waals surface area contributed by atoms with Gasteiger partial charge in [-0.1, -0.05) is 167 Å². The lowest BCUT2D eigenvalue weighted by molar-refractivity contribution is -0.0641. The summed E-state index contributed by atoms with van der Waals surface area (Å²) >= 11 is 0. The van der Waals surface area contributed by atoms with Crippen LogP contribution in [0, 0.1) is 46.3 Å². The van der Waals surface area contributed by atoms with E-state index in [1.54, 1.807) is 5.57 Å². The first-order chi connectivity index (χ1) is 30.6. The molecule has 0 spiro atoms. The lowest BCUT2D eigenvalue weighted by atomic mass is 9.47. The molecule has 0 radical (unpaired) electrons. The van der Waals surface area contributed by atoms with Crippen molar-refractivity contribution in [3.63, 3.8) is 0 Å². The van der Waals surface area contributed by atoms with Gasteiger partial charge in [0.05, 0.1) is 31.5 Å². The van der Waals surface area contributed by atoms with Gasteiger partial charge in [0, 0.05) is 19.8 Å². The largest absolute Gasteiger partial charge is 0.394 e. The molecule has 0 aliphatic heterocycles. The minimum Gasteiger partial charge on any atom is -0.394 e. The Morgan fingerprint density at radius 1 is 0.698 bits per heavy atom. The number of hydrogen-bond donors (Lipinski definition) is 2. The van der Waals surface area contributed by atoms with Crippen molar-refractivity contribution in [2.75, 3.05) is 39.6 Å². The predicted molar refractivity (Wildman–Crippen MR) is 270 cm³/mol. The van der Waals surface area contributed by atoms with Crippen molar-refractivity contribution in [2.24, 2.45) is 52.1 Å². The zero-order valence-corrected chi connectivity index (χ0v) is 42.6. The van der Waals surface area contributed by atoms with E-state index in [9.17, 15) is 5.11 Å². The molecule has 5 nitrogen and oxygen atoms in total. The van der Waals surface area contributed by atoms with Gasteiger partial charge in [-0.25, -0.2) is 0 Å². The van der Waals surface area contributed by atoms with Crippen molar-refractivity contribution >= 4 is 0 Å². The van der Waals surface area contributed by atoms with E-state index < -0.39 is 5.54 Å². The fourth-order valence-corrected chi connectivity index (χ4v) is 13.1. The van der Waals surface area contributed by atoms with Gasteiger partial charge in [-0.2, -0.15) is 0 Å². The van der Waals surface area contributed by atoms with E-state index in [1.165, 1.54) is 173 Å². The van der Waals surface area contributed by atoms with E-state index in [0.717, 1.165) is 61.4 Å². The van der Waals surface area contributed by atoms with E-state index in [2.05, 4.69) is 71.9 Å². The zero-order valence-electron chi connectivity index (χ0n) is 42.6. The maximum atomic E-state index is 9.93. The van der Waals surface area contributed by atoms with Gasteiger partial charge in [0.15, 0.2) is 0 Å². The van der Waals surface area contributed by atoms with Crippen LogP contribution in [0.2, 0.25) is 0 Å². The Bertz CT molecular complexity index is 1280. The Morgan fingerprint density at radius 3 is 1.92 bits per heavy atom. The van der Waals surface area contributed by atoms with Crippen LogP contribution in [0.25, 0.3) is 0 Å². The highest BCUT2D eigenvalue weighted by atomic mass is 16.5. The summed E-state index contributed by atoms with van der Waals surface area (Å²) in [7, 11) is 0. The average Bonchev–Trinajstić information content (AvgIpc) is 3.63. The summed E-state index contributed by atoms with van der Waals surface area (Å²) in [5, 5.41) is 9.93. The monoisotopic (exact) mass is 880 g/mol. The number of rotatable bonds is 36. The molecule has 0 saturated heterocycles. The maximum absolute atomic E-state index is 9.93. The topological polar surface area (TPSA) is 73.9 Å². The molecule has 5 heteroatoms. The molecule has 0 bridgehead atoms. The van der Waals surface area contributed by atoms with E-state index >= 15 is 0 Å². The van der Waals surface area contributed by atoms with E-state index in [-0.39, 0.29) is 6.61 Å². The molecule has 4 aliphatic carbocycles. The van der Waals surface area contributed by atoms with Crippen molar-refractivity contribution < 1.29 is 19.3 Å². The molecule has 3 fully saturated rings. The van der Waals surface area contributed by atoms with Crippen LogP contribution in [0.5, 0.6) is 0 Å². The SMILES string of the molecule is CCCCC/C=C\C/C=C\CCCCCCCCOCC(N)(CO)COCCCCCCCCCOC1CC[C@@]2(C)C(=CCC3C2CC[C@@]2(C)C3CC[C@@H]2[C@H](C)CCCC(C)C)C1. The Hall–Kier alpha value is -0.980. The molecule has 9 atom stereocenters. The van der Waals surface area contributed by atoms with Gasteiger partial charge in [-0.05, 0) is 149 Å². The van der Waals surface area contributed by atoms with Crippen LogP contribution in [0.4, 0.5) is 0 Å². The van der Waals surface area contributed by atoms with Gasteiger partial charge in [-0.15, -0.1) is 0 Å². The lowest BCUT2D eigenvalue weighted by Gasteiger charge is -2.58. The maximum Gasteiger partial charge on any atom is 0.0862 e. The molecular weight excluding hydrogens is 775 g/mol. The summed E-state index contributed by atoms with van der Waals surface area (Å²) in [4.78, 5) is 0. The normalized spacial score (nSPS) is 28.7. The van der Waals surface area contributed by atoms with Crippen LogP contribution in [0.1, 0.15) is 234 Å². The van der Waals surface area contributed by atoms with Gasteiger partial charge in [0.25, 0.3) is 0 Å². The second-order valence-corrected chi connectivity index (χ2v) is 22.7. The number of hydrogen-bond acceptors (Lipinski definition) is 5. The Labute approximate surface area is 391 Å². The van der Waals surface area contributed by atoms with Crippen molar-refractivity contribution in [1.82, 2.24) is 0 Å². The lowest BCUT2D eigenvalue weighted by Crippen LogP contribution is -2.52. The Kier molecular flexibility index (Phi) is 26.4. The minimum absolute atomic E-state index is 0.113. The van der Waals surface area contributed by atoms with Gasteiger partial charge >= 0.3 is 0 Å². The molecule has 0 aromatic carbocycles.